The summed E-state index contributed by atoms with van der Waals surface area (Å²) in [4.78, 5) is 38.9. The molecule has 8 nitrogen and oxygen atoms in total. The van der Waals surface area contributed by atoms with Crippen molar-refractivity contribution in [3.8, 4) is 5.75 Å². The summed E-state index contributed by atoms with van der Waals surface area (Å²) >= 11 is 5.41. The second-order valence-electron chi connectivity index (χ2n) is 7.74. The van der Waals surface area contributed by atoms with E-state index in [0.717, 1.165) is 12.8 Å². The van der Waals surface area contributed by atoms with Crippen molar-refractivity contribution in [3.05, 3.63) is 29.8 Å². The van der Waals surface area contributed by atoms with Gasteiger partial charge < -0.3 is 19.7 Å². The highest BCUT2D eigenvalue weighted by Crippen LogP contribution is 2.19. The lowest BCUT2D eigenvalue weighted by Gasteiger charge is -2.36. The van der Waals surface area contributed by atoms with Crippen molar-refractivity contribution in [2.75, 3.05) is 26.3 Å². The van der Waals surface area contributed by atoms with Crippen molar-refractivity contribution in [2.24, 2.45) is 5.92 Å². The topological polar surface area (TPSA) is 97.0 Å². The van der Waals surface area contributed by atoms with E-state index in [2.05, 4.69) is 10.6 Å². The number of hydrogen-bond acceptors (Lipinski definition) is 6. The van der Waals surface area contributed by atoms with Gasteiger partial charge in [-0.1, -0.05) is 39.3 Å². The predicted molar refractivity (Wildman–Crippen MR) is 121 cm³/mol. The number of carbonyl (C=O) groups is 3. The summed E-state index contributed by atoms with van der Waals surface area (Å²) in [6.07, 6.45) is 1.53. The van der Waals surface area contributed by atoms with Crippen LogP contribution >= 0.6 is 12.2 Å². The Balaban J connectivity index is 2.05. The fourth-order valence-electron chi connectivity index (χ4n) is 2.98. The minimum absolute atomic E-state index is 0.0878. The quantitative estimate of drug-likeness (QED) is 0.339. The van der Waals surface area contributed by atoms with Crippen LogP contribution in [-0.4, -0.2) is 60.1 Å². The van der Waals surface area contributed by atoms with E-state index in [1.807, 2.05) is 20.8 Å². The van der Waals surface area contributed by atoms with Crippen LogP contribution in [0.3, 0.4) is 0 Å². The van der Waals surface area contributed by atoms with Crippen LogP contribution in [-0.2, 0) is 14.3 Å². The van der Waals surface area contributed by atoms with E-state index in [1.54, 1.807) is 29.2 Å². The van der Waals surface area contributed by atoms with E-state index in [-0.39, 0.29) is 17.4 Å². The standard InChI is InChI=1S/C22H31N3O5S/c1-4-5-12-29-19(26)13-17-21(28)23-10-11-25(17)22(31)24-20(27)16-8-6-7-9-18(16)30-14-15(2)3/h6-9,15,17H,4-5,10-14H2,1-3H3,(H,23,28)(H,24,27,31). The molecule has 1 aliphatic heterocycles. The minimum Gasteiger partial charge on any atom is -0.492 e. The summed E-state index contributed by atoms with van der Waals surface area (Å²) in [5.74, 6) is -0.455. The molecule has 170 valence electrons. The largest absolute Gasteiger partial charge is 0.492 e. The SMILES string of the molecule is CCCCOC(=O)CC1C(=O)NCCN1C(=S)NC(=O)c1ccccc1OCC(C)C. The lowest BCUT2D eigenvalue weighted by atomic mass is 10.1. The monoisotopic (exact) mass is 449 g/mol. The van der Waals surface area contributed by atoms with Gasteiger partial charge in [0.1, 0.15) is 11.8 Å². The molecule has 9 heteroatoms. The Kier molecular flexibility index (Phi) is 9.71. The summed E-state index contributed by atoms with van der Waals surface area (Å²) < 4.78 is 10.9. The highest BCUT2D eigenvalue weighted by molar-refractivity contribution is 7.80. The molecule has 1 heterocycles. The number of carbonyl (C=O) groups excluding carboxylic acids is 3. The molecule has 0 aliphatic carbocycles. The Morgan fingerprint density at radius 1 is 1.32 bits per heavy atom. The lowest BCUT2D eigenvalue weighted by Crippen LogP contribution is -2.60. The molecule has 0 aromatic heterocycles. The van der Waals surface area contributed by atoms with Crippen LogP contribution in [0.1, 0.15) is 50.4 Å². The predicted octanol–water partition coefficient (Wildman–Crippen LogP) is 2.27. The second kappa shape index (κ2) is 12.2. The first-order valence-corrected chi connectivity index (χ1v) is 11.0. The second-order valence-corrected chi connectivity index (χ2v) is 8.13. The number of nitrogens with zero attached hydrogens (tertiary/aromatic N) is 1. The molecule has 0 bridgehead atoms. The summed E-state index contributed by atoms with van der Waals surface area (Å²) in [5, 5.41) is 5.49. The Morgan fingerprint density at radius 3 is 2.77 bits per heavy atom. The Bertz CT molecular complexity index is 799. The van der Waals surface area contributed by atoms with Gasteiger partial charge in [-0.25, -0.2) is 0 Å². The van der Waals surface area contributed by atoms with E-state index >= 15 is 0 Å². The van der Waals surface area contributed by atoms with Crippen molar-refractivity contribution in [2.45, 2.75) is 46.1 Å². The van der Waals surface area contributed by atoms with Gasteiger partial charge in [0.2, 0.25) is 5.91 Å². The highest BCUT2D eigenvalue weighted by atomic mass is 32.1. The van der Waals surface area contributed by atoms with E-state index in [0.29, 0.717) is 43.5 Å². The average molecular weight is 450 g/mol. The molecule has 2 rings (SSSR count). The first kappa shape index (κ1) is 24.6. The van der Waals surface area contributed by atoms with Gasteiger partial charge in [0, 0.05) is 13.1 Å². The van der Waals surface area contributed by atoms with Gasteiger partial charge in [-0.2, -0.15) is 0 Å². The van der Waals surface area contributed by atoms with Crippen molar-refractivity contribution in [1.82, 2.24) is 15.5 Å². The van der Waals surface area contributed by atoms with Gasteiger partial charge >= 0.3 is 5.97 Å². The molecule has 0 radical (unpaired) electrons. The van der Waals surface area contributed by atoms with Crippen LogP contribution in [0, 0.1) is 5.92 Å². The molecule has 1 aromatic carbocycles. The zero-order valence-electron chi connectivity index (χ0n) is 18.3. The van der Waals surface area contributed by atoms with Gasteiger partial charge in [0.05, 0.1) is 25.2 Å². The van der Waals surface area contributed by atoms with E-state index in [4.69, 9.17) is 21.7 Å². The number of piperazine rings is 1. The smallest absolute Gasteiger partial charge is 0.308 e. The third-order valence-electron chi connectivity index (χ3n) is 4.64. The van der Waals surface area contributed by atoms with Crippen LogP contribution in [0.4, 0.5) is 0 Å². The Hall–Kier alpha value is -2.68. The molecule has 1 unspecified atom stereocenters. The normalized spacial score (nSPS) is 15.9. The number of esters is 1. The third-order valence-corrected chi connectivity index (χ3v) is 4.97. The van der Waals surface area contributed by atoms with E-state index in [1.165, 1.54) is 0 Å². The van der Waals surface area contributed by atoms with Gasteiger partial charge in [-0.15, -0.1) is 0 Å². The fraction of sp³-hybridized carbons (Fsp3) is 0.545. The summed E-state index contributed by atoms with van der Waals surface area (Å²) in [5.41, 5.74) is 0.350. The van der Waals surface area contributed by atoms with Crippen molar-refractivity contribution in [1.29, 1.82) is 0 Å². The first-order chi connectivity index (χ1) is 14.8. The third kappa shape index (κ3) is 7.50. The Morgan fingerprint density at radius 2 is 2.06 bits per heavy atom. The molecule has 2 N–H and O–H groups in total. The van der Waals surface area contributed by atoms with Gasteiger partial charge in [-0.3, -0.25) is 19.7 Å². The van der Waals surface area contributed by atoms with Crippen molar-refractivity contribution >= 4 is 35.1 Å². The van der Waals surface area contributed by atoms with E-state index < -0.39 is 17.9 Å². The van der Waals surface area contributed by atoms with Gasteiger partial charge in [-0.05, 0) is 36.7 Å². The molecule has 0 spiro atoms. The van der Waals surface area contributed by atoms with E-state index in [9.17, 15) is 14.4 Å². The summed E-state index contributed by atoms with van der Waals surface area (Å²) in [6.45, 7) is 7.57. The lowest BCUT2D eigenvalue weighted by molar-refractivity contribution is -0.147. The zero-order valence-corrected chi connectivity index (χ0v) is 19.1. The van der Waals surface area contributed by atoms with Gasteiger partial charge in [0.25, 0.3) is 5.91 Å². The maximum Gasteiger partial charge on any atom is 0.308 e. The van der Waals surface area contributed by atoms with Crippen molar-refractivity contribution in [3.63, 3.8) is 0 Å². The van der Waals surface area contributed by atoms with Crippen LogP contribution in [0.5, 0.6) is 5.75 Å². The fourth-order valence-corrected chi connectivity index (χ4v) is 3.29. The van der Waals surface area contributed by atoms with Crippen LogP contribution in [0.25, 0.3) is 0 Å². The van der Waals surface area contributed by atoms with Crippen LogP contribution in [0.2, 0.25) is 0 Å². The molecule has 1 aromatic rings. The number of benzene rings is 1. The molecule has 2 amide bonds. The molecule has 0 saturated carbocycles. The molecule has 1 saturated heterocycles. The molecule has 1 atom stereocenters. The van der Waals surface area contributed by atoms with Crippen LogP contribution in [0.15, 0.2) is 24.3 Å². The highest BCUT2D eigenvalue weighted by Gasteiger charge is 2.34. The number of rotatable bonds is 9. The number of unbranched alkanes of at least 4 members (excludes halogenated alkanes) is 1. The number of para-hydroxylation sites is 1. The minimum atomic E-state index is -0.830. The number of thiocarbonyl (C=S) groups is 1. The average Bonchev–Trinajstić information content (AvgIpc) is 2.74. The molecular weight excluding hydrogens is 418 g/mol. The maximum absolute atomic E-state index is 12.9. The number of ether oxygens (including phenoxy) is 2. The van der Waals surface area contributed by atoms with Crippen LogP contribution < -0.4 is 15.4 Å². The molecular formula is C22H31N3O5S. The first-order valence-electron chi connectivity index (χ1n) is 10.6. The molecule has 31 heavy (non-hydrogen) atoms. The van der Waals surface area contributed by atoms with Crippen molar-refractivity contribution < 1.29 is 23.9 Å². The zero-order chi connectivity index (χ0) is 22.8. The summed E-state index contributed by atoms with van der Waals surface area (Å²) in [6, 6.07) is 6.08. The Labute approximate surface area is 188 Å². The summed E-state index contributed by atoms with van der Waals surface area (Å²) in [7, 11) is 0. The van der Waals surface area contributed by atoms with Gasteiger partial charge in [0.15, 0.2) is 5.11 Å². The molecule has 1 fully saturated rings. The number of amides is 2. The number of nitrogens with one attached hydrogen (secondary N) is 2. The number of hydrogen-bond donors (Lipinski definition) is 2. The maximum atomic E-state index is 12.9. The molecule has 1 aliphatic rings.